The molecule has 0 radical (unpaired) electrons. The molecule has 0 aliphatic heterocycles. The first-order valence-electron chi connectivity index (χ1n) is 5.84. The highest BCUT2D eigenvalue weighted by Crippen LogP contribution is 2.26. The van der Waals surface area contributed by atoms with Gasteiger partial charge < -0.3 is 10.8 Å². The van der Waals surface area contributed by atoms with Crippen molar-refractivity contribution in [2.45, 2.75) is 37.3 Å². The largest absolute Gasteiger partial charge is 0.378 e. The fourth-order valence-corrected chi connectivity index (χ4v) is 2.19. The minimum Gasteiger partial charge on any atom is -0.378 e. The maximum absolute atomic E-state index is 10.3. The van der Waals surface area contributed by atoms with E-state index < -0.39 is 5.60 Å². The summed E-state index contributed by atoms with van der Waals surface area (Å²) in [6.07, 6.45) is 2.98. The Morgan fingerprint density at radius 2 is 2.06 bits per heavy atom. The topological polar surface area (TPSA) is 46.2 Å². The summed E-state index contributed by atoms with van der Waals surface area (Å²) in [5.74, 6) is 5.94. The van der Waals surface area contributed by atoms with Crippen LogP contribution in [-0.2, 0) is 0 Å². The van der Waals surface area contributed by atoms with Crippen molar-refractivity contribution in [3.05, 3.63) is 34.9 Å². The van der Waals surface area contributed by atoms with E-state index in [1.807, 2.05) is 12.1 Å². The predicted octanol–water partition coefficient (Wildman–Crippen LogP) is 2.32. The molecule has 17 heavy (non-hydrogen) atoms. The Morgan fingerprint density at radius 3 is 2.71 bits per heavy atom. The highest BCUT2D eigenvalue weighted by Gasteiger charge is 2.29. The minimum atomic E-state index is -0.877. The van der Waals surface area contributed by atoms with Gasteiger partial charge in [-0.25, -0.2) is 0 Å². The summed E-state index contributed by atoms with van der Waals surface area (Å²) >= 11 is 5.87. The van der Waals surface area contributed by atoms with E-state index in [0.717, 1.165) is 18.4 Å². The van der Waals surface area contributed by atoms with Crippen LogP contribution in [0.2, 0.25) is 5.02 Å². The number of halogens is 1. The van der Waals surface area contributed by atoms with Gasteiger partial charge >= 0.3 is 0 Å². The average Bonchev–Trinajstić information content (AvgIpc) is 2.31. The molecular weight excluding hydrogens is 234 g/mol. The molecule has 0 heterocycles. The number of hydrogen-bond donors (Lipinski definition) is 2. The van der Waals surface area contributed by atoms with Gasteiger partial charge in [0.25, 0.3) is 0 Å². The van der Waals surface area contributed by atoms with E-state index in [4.69, 9.17) is 17.3 Å². The molecule has 0 atom stereocenters. The first-order valence-corrected chi connectivity index (χ1v) is 6.22. The summed E-state index contributed by atoms with van der Waals surface area (Å²) < 4.78 is 0. The molecule has 0 spiro atoms. The van der Waals surface area contributed by atoms with Crippen LogP contribution in [0.25, 0.3) is 0 Å². The van der Waals surface area contributed by atoms with Gasteiger partial charge in [-0.2, -0.15) is 0 Å². The molecule has 1 aliphatic carbocycles. The van der Waals surface area contributed by atoms with Crippen molar-refractivity contribution in [3.63, 3.8) is 0 Å². The molecular formula is C14H16ClNO. The molecule has 1 aliphatic rings. The number of benzene rings is 1. The summed E-state index contributed by atoms with van der Waals surface area (Å²) in [4.78, 5) is 0. The Balaban J connectivity index is 2.10. The molecule has 0 bridgehead atoms. The zero-order valence-corrected chi connectivity index (χ0v) is 10.4. The highest BCUT2D eigenvalue weighted by molar-refractivity contribution is 6.30. The molecule has 2 nitrogen and oxygen atoms in total. The van der Waals surface area contributed by atoms with E-state index in [-0.39, 0.29) is 6.04 Å². The zero-order valence-electron chi connectivity index (χ0n) is 9.62. The minimum absolute atomic E-state index is 0.211. The second-order valence-electron chi connectivity index (χ2n) is 4.63. The van der Waals surface area contributed by atoms with E-state index in [0.29, 0.717) is 17.9 Å². The van der Waals surface area contributed by atoms with Crippen molar-refractivity contribution in [3.8, 4) is 11.8 Å². The van der Waals surface area contributed by atoms with Crippen LogP contribution in [0.4, 0.5) is 0 Å². The molecule has 90 valence electrons. The standard InChI is InChI=1S/C14H16ClNO/c15-12-3-1-2-11(10-12)4-7-14(17)8-5-13(16)6-9-14/h1-3,10,13,17H,5-6,8-9,16H2/t13-,14+. The van der Waals surface area contributed by atoms with Crippen molar-refractivity contribution in [2.24, 2.45) is 5.73 Å². The quantitative estimate of drug-likeness (QED) is 0.694. The first-order chi connectivity index (χ1) is 8.07. The van der Waals surface area contributed by atoms with E-state index in [1.165, 1.54) is 0 Å². The lowest BCUT2D eigenvalue weighted by Gasteiger charge is -2.30. The summed E-state index contributed by atoms with van der Waals surface area (Å²) in [6.45, 7) is 0. The fourth-order valence-electron chi connectivity index (χ4n) is 2.00. The third kappa shape index (κ3) is 3.47. The third-order valence-corrected chi connectivity index (χ3v) is 3.36. The van der Waals surface area contributed by atoms with Crippen LogP contribution < -0.4 is 5.73 Å². The lowest BCUT2D eigenvalue weighted by molar-refractivity contribution is 0.0556. The molecule has 1 saturated carbocycles. The smallest absolute Gasteiger partial charge is 0.126 e. The van der Waals surface area contributed by atoms with Gasteiger partial charge in [-0.1, -0.05) is 29.5 Å². The molecule has 1 aromatic carbocycles. The monoisotopic (exact) mass is 249 g/mol. The molecule has 1 aromatic rings. The molecule has 3 N–H and O–H groups in total. The van der Waals surface area contributed by atoms with Crippen LogP contribution in [0.1, 0.15) is 31.2 Å². The van der Waals surface area contributed by atoms with Gasteiger partial charge in [-0.15, -0.1) is 0 Å². The molecule has 3 heteroatoms. The van der Waals surface area contributed by atoms with Crippen molar-refractivity contribution >= 4 is 11.6 Å². The van der Waals surface area contributed by atoms with Gasteiger partial charge in [0.15, 0.2) is 0 Å². The van der Waals surface area contributed by atoms with Crippen LogP contribution in [0.15, 0.2) is 24.3 Å². The van der Waals surface area contributed by atoms with E-state index in [2.05, 4.69) is 11.8 Å². The number of hydrogen-bond acceptors (Lipinski definition) is 2. The Bertz CT molecular complexity index is 453. The molecule has 0 saturated heterocycles. The van der Waals surface area contributed by atoms with Crippen LogP contribution in [0, 0.1) is 11.8 Å². The Kier molecular flexibility index (Phi) is 3.73. The summed E-state index contributed by atoms with van der Waals surface area (Å²) in [7, 11) is 0. The lowest BCUT2D eigenvalue weighted by Crippen LogP contribution is -2.37. The number of rotatable bonds is 0. The van der Waals surface area contributed by atoms with Crippen LogP contribution in [0.5, 0.6) is 0 Å². The molecule has 0 unspecified atom stereocenters. The average molecular weight is 250 g/mol. The van der Waals surface area contributed by atoms with Gasteiger partial charge in [0, 0.05) is 16.6 Å². The van der Waals surface area contributed by atoms with Crippen molar-refractivity contribution in [1.29, 1.82) is 0 Å². The highest BCUT2D eigenvalue weighted by atomic mass is 35.5. The summed E-state index contributed by atoms with van der Waals surface area (Å²) in [6, 6.07) is 7.56. The van der Waals surface area contributed by atoms with Gasteiger partial charge in [0.1, 0.15) is 5.60 Å². The molecule has 2 rings (SSSR count). The van der Waals surface area contributed by atoms with Crippen LogP contribution >= 0.6 is 11.6 Å². The van der Waals surface area contributed by atoms with E-state index in [1.54, 1.807) is 12.1 Å². The van der Waals surface area contributed by atoms with Gasteiger partial charge in [-0.3, -0.25) is 0 Å². The maximum Gasteiger partial charge on any atom is 0.126 e. The normalized spacial score (nSPS) is 28.3. The molecule has 0 aromatic heterocycles. The summed E-state index contributed by atoms with van der Waals surface area (Å²) in [5, 5.41) is 10.9. The number of aliphatic hydroxyl groups is 1. The third-order valence-electron chi connectivity index (χ3n) is 3.12. The fraction of sp³-hybridized carbons (Fsp3) is 0.429. The van der Waals surface area contributed by atoms with Crippen molar-refractivity contribution < 1.29 is 5.11 Å². The maximum atomic E-state index is 10.3. The van der Waals surface area contributed by atoms with Gasteiger partial charge in [0.05, 0.1) is 0 Å². The zero-order chi connectivity index (χ0) is 12.3. The van der Waals surface area contributed by atoms with Crippen molar-refractivity contribution in [2.75, 3.05) is 0 Å². The Labute approximate surface area is 107 Å². The van der Waals surface area contributed by atoms with Crippen LogP contribution in [0.3, 0.4) is 0 Å². The van der Waals surface area contributed by atoms with Gasteiger partial charge in [0.2, 0.25) is 0 Å². The SMILES string of the molecule is N[C@H]1CC[C@](O)(C#Cc2cccc(Cl)c2)CC1. The second kappa shape index (κ2) is 5.10. The molecule has 1 fully saturated rings. The number of nitrogens with two attached hydrogens (primary N) is 1. The van der Waals surface area contributed by atoms with Crippen LogP contribution in [-0.4, -0.2) is 16.7 Å². The van der Waals surface area contributed by atoms with Gasteiger partial charge in [-0.05, 0) is 43.9 Å². The Morgan fingerprint density at radius 1 is 1.35 bits per heavy atom. The van der Waals surface area contributed by atoms with E-state index >= 15 is 0 Å². The second-order valence-corrected chi connectivity index (χ2v) is 5.07. The first kappa shape index (κ1) is 12.4. The molecule has 0 amide bonds. The van der Waals surface area contributed by atoms with Crippen molar-refractivity contribution in [1.82, 2.24) is 0 Å². The van der Waals surface area contributed by atoms with E-state index in [9.17, 15) is 5.11 Å². The predicted molar refractivity (Wildman–Crippen MR) is 69.7 cm³/mol. The lowest BCUT2D eigenvalue weighted by atomic mass is 9.83. The summed E-state index contributed by atoms with van der Waals surface area (Å²) in [5.41, 5.74) is 5.76. The Hall–Kier alpha value is -1.01.